The fourth-order valence-corrected chi connectivity index (χ4v) is 7.95. The molecule has 0 saturated carbocycles. The van der Waals surface area contributed by atoms with Crippen molar-refractivity contribution in [2.75, 3.05) is 0 Å². The van der Waals surface area contributed by atoms with Crippen molar-refractivity contribution >= 4 is 43.6 Å². The van der Waals surface area contributed by atoms with Crippen molar-refractivity contribution in [3.8, 4) is 56.7 Å². The van der Waals surface area contributed by atoms with Crippen LogP contribution in [-0.4, -0.2) is 34.1 Å². The summed E-state index contributed by atoms with van der Waals surface area (Å²) < 4.78 is 4.58. The van der Waals surface area contributed by atoms with Crippen LogP contribution in [0.1, 0.15) is 0 Å². The lowest BCUT2D eigenvalue weighted by Gasteiger charge is -2.10. The third-order valence-corrected chi connectivity index (χ3v) is 10.6. The normalized spacial score (nSPS) is 11.6. The highest BCUT2D eigenvalue weighted by Crippen LogP contribution is 2.34. The first kappa shape index (κ1) is 31.7. The van der Waals surface area contributed by atoms with E-state index in [0.717, 1.165) is 89.5 Å². The molecule has 0 bridgehead atoms. The summed E-state index contributed by atoms with van der Waals surface area (Å²) in [5.41, 5.74) is 13.8. The molecule has 0 spiro atoms. The highest BCUT2D eigenvalue weighted by atomic mass is 15.0. The topological polar surface area (TPSA) is 74.3 Å². The molecule has 0 aliphatic heterocycles. The molecule has 0 unspecified atom stereocenters. The Balaban J connectivity index is 0.880. The lowest BCUT2D eigenvalue weighted by Crippen LogP contribution is -1.96. The maximum Gasteiger partial charge on any atom is 0.0894 e. The second-order valence-corrected chi connectivity index (χ2v) is 13.8. The van der Waals surface area contributed by atoms with Crippen molar-refractivity contribution < 1.29 is 0 Å². The number of aromatic nitrogens is 7. The number of fused-ring (bicyclic) bond motifs is 6. The molecule has 0 aliphatic carbocycles. The first-order valence-corrected chi connectivity index (χ1v) is 18.6. The summed E-state index contributed by atoms with van der Waals surface area (Å²) in [6.45, 7) is 0. The number of para-hydroxylation sites is 2. The molecule has 0 radical (unpaired) electrons. The third kappa shape index (κ3) is 5.25. The zero-order valence-electron chi connectivity index (χ0n) is 30.0. The fraction of sp³-hybridized carbons (Fsp3) is 0. The van der Waals surface area contributed by atoms with Crippen molar-refractivity contribution in [1.82, 2.24) is 34.1 Å². The molecule has 0 aliphatic rings. The highest BCUT2D eigenvalue weighted by Gasteiger charge is 2.15. The summed E-state index contributed by atoms with van der Waals surface area (Å²) in [4.78, 5) is 24.0. The largest absolute Gasteiger partial charge is 0.309 e. The molecule has 0 N–H and O–H groups in total. The van der Waals surface area contributed by atoms with Crippen LogP contribution in [0.5, 0.6) is 0 Å². The van der Waals surface area contributed by atoms with Crippen LogP contribution < -0.4 is 0 Å². The van der Waals surface area contributed by atoms with E-state index in [1.165, 1.54) is 10.8 Å². The smallest absolute Gasteiger partial charge is 0.0894 e. The molecular formula is C49H31N7. The van der Waals surface area contributed by atoms with E-state index in [2.05, 4.69) is 128 Å². The molecule has 7 nitrogen and oxygen atoms in total. The molecule has 0 fully saturated rings. The standard InChI is InChI=1S/C49H31N7/c1-3-16-46-36(8-1)38-30-50-28-26-48(38)55(46)34-22-18-32(19-23-34)40-10-5-12-42(52-40)44-14-7-15-45(54-44)43-13-6-11-41(53-43)33-20-24-35(25-21-33)56-47-17-4-2-9-37(47)39-31-51-29-27-49(39)56/h1-31H. The zero-order chi connectivity index (χ0) is 37.0. The first-order chi connectivity index (χ1) is 27.8. The molecule has 7 heteroatoms. The van der Waals surface area contributed by atoms with Gasteiger partial charge in [-0.1, -0.05) is 78.9 Å². The van der Waals surface area contributed by atoms with Gasteiger partial charge in [-0.3, -0.25) is 9.97 Å². The van der Waals surface area contributed by atoms with E-state index >= 15 is 0 Å². The van der Waals surface area contributed by atoms with Crippen LogP contribution in [0.2, 0.25) is 0 Å². The molecule has 0 saturated heterocycles. The molecule has 4 aromatic carbocycles. The highest BCUT2D eigenvalue weighted by molar-refractivity contribution is 6.09. The van der Waals surface area contributed by atoms with Gasteiger partial charge in [0.25, 0.3) is 0 Å². The van der Waals surface area contributed by atoms with E-state index in [1.807, 2.05) is 79.4 Å². The van der Waals surface area contributed by atoms with E-state index in [4.69, 9.17) is 15.0 Å². The summed E-state index contributed by atoms with van der Waals surface area (Å²) in [7, 11) is 0. The Bertz CT molecular complexity index is 2930. The molecule has 11 aromatic rings. The van der Waals surface area contributed by atoms with Crippen molar-refractivity contribution in [3.05, 3.63) is 189 Å². The minimum Gasteiger partial charge on any atom is -0.309 e. The average Bonchev–Trinajstić information content (AvgIpc) is 3.80. The van der Waals surface area contributed by atoms with Gasteiger partial charge < -0.3 is 9.13 Å². The Morgan fingerprint density at radius 2 is 0.643 bits per heavy atom. The summed E-state index contributed by atoms with van der Waals surface area (Å²) >= 11 is 0. The Kier molecular flexibility index (Phi) is 7.35. The Labute approximate surface area is 321 Å². The number of hydrogen-bond donors (Lipinski definition) is 0. The lowest BCUT2D eigenvalue weighted by molar-refractivity contribution is 1.17. The predicted molar refractivity (Wildman–Crippen MR) is 226 cm³/mol. The monoisotopic (exact) mass is 717 g/mol. The van der Waals surface area contributed by atoms with Crippen LogP contribution in [0.25, 0.3) is 100 Å². The van der Waals surface area contributed by atoms with Gasteiger partial charge in [-0.05, 0) is 84.9 Å². The Morgan fingerprint density at radius 3 is 1.07 bits per heavy atom. The molecule has 7 heterocycles. The minimum absolute atomic E-state index is 0.790. The number of benzene rings is 4. The summed E-state index contributed by atoms with van der Waals surface area (Å²) in [5, 5.41) is 4.66. The van der Waals surface area contributed by atoms with Crippen molar-refractivity contribution in [1.29, 1.82) is 0 Å². The Hall–Kier alpha value is -7.77. The molecule has 7 aromatic heterocycles. The van der Waals surface area contributed by atoms with E-state index in [9.17, 15) is 0 Å². The second-order valence-electron chi connectivity index (χ2n) is 13.8. The molecular weight excluding hydrogens is 687 g/mol. The lowest BCUT2D eigenvalue weighted by atomic mass is 10.1. The van der Waals surface area contributed by atoms with Gasteiger partial charge in [0, 0.05) is 68.8 Å². The predicted octanol–water partition coefficient (Wildman–Crippen LogP) is 11.5. The second kappa shape index (κ2) is 13.0. The molecule has 0 amide bonds. The fourth-order valence-electron chi connectivity index (χ4n) is 7.95. The van der Waals surface area contributed by atoms with Gasteiger partial charge >= 0.3 is 0 Å². The van der Waals surface area contributed by atoms with Crippen LogP contribution >= 0.6 is 0 Å². The third-order valence-electron chi connectivity index (χ3n) is 10.6. The van der Waals surface area contributed by atoms with Gasteiger partial charge in [0.05, 0.1) is 56.2 Å². The number of hydrogen-bond acceptors (Lipinski definition) is 5. The molecule has 262 valence electrons. The van der Waals surface area contributed by atoms with Gasteiger partial charge in [0.15, 0.2) is 0 Å². The average molecular weight is 718 g/mol. The summed E-state index contributed by atoms with van der Waals surface area (Å²) in [5.74, 6) is 0. The van der Waals surface area contributed by atoms with Crippen LogP contribution in [0.4, 0.5) is 0 Å². The van der Waals surface area contributed by atoms with E-state index < -0.39 is 0 Å². The van der Waals surface area contributed by atoms with Crippen LogP contribution in [0.15, 0.2) is 189 Å². The summed E-state index contributed by atoms with van der Waals surface area (Å²) in [6, 6.07) is 56.5. The van der Waals surface area contributed by atoms with E-state index in [0.29, 0.717) is 0 Å². The van der Waals surface area contributed by atoms with Gasteiger partial charge in [-0.15, -0.1) is 0 Å². The van der Waals surface area contributed by atoms with E-state index in [-0.39, 0.29) is 0 Å². The van der Waals surface area contributed by atoms with Gasteiger partial charge in [-0.2, -0.15) is 0 Å². The quantitative estimate of drug-likeness (QED) is 0.171. The van der Waals surface area contributed by atoms with Crippen LogP contribution in [0.3, 0.4) is 0 Å². The van der Waals surface area contributed by atoms with Crippen molar-refractivity contribution in [2.24, 2.45) is 0 Å². The maximum absolute atomic E-state index is 5.07. The SMILES string of the molecule is c1cc(-c2ccc(-n3c4ccccc4c4cnccc43)cc2)nc(-c2cccc(-c3cccc(-c4ccc(-n5c6ccccc6c6cnccc65)cc4)n3)n2)c1. The maximum atomic E-state index is 5.07. The van der Waals surface area contributed by atoms with Crippen molar-refractivity contribution in [2.45, 2.75) is 0 Å². The van der Waals surface area contributed by atoms with Gasteiger partial charge in [0.1, 0.15) is 0 Å². The zero-order valence-corrected chi connectivity index (χ0v) is 30.0. The Morgan fingerprint density at radius 1 is 0.286 bits per heavy atom. The number of pyridine rings is 5. The van der Waals surface area contributed by atoms with Crippen LogP contribution in [-0.2, 0) is 0 Å². The van der Waals surface area contributed by atoms with Gasteiger partial charge in [0.2, 0.25) is 0 Å². The molecule has 0 atom stereocenters. The minimum atomic E-state index is 0.790. The molecule has 56 heavy (non-hydrogen) atoms. The van der Waals surface area contributed by atoms with Crippen molar-refractivity contribution in [3.63, 3.8) is 0 Å². The van der Waals surface area contributed by atoms with Gasteiger partial charge in [-0.25, -0.2) is 15.0 Å². The number of rotatable bonds is 6. The first-order valence-electron chi connectivity index (χ1n) is 18.6. The number of nitrogens with zero attached hydrogens (tertiary/aromatic N) is 7. The molecule has 11 rings (SSSR count). The summed E-state index contributed by atoms with van der Waals surface area (Å²) in [6.07, 6.45) is 7.59. The van der Waals surface area contributed by atoms with E-state index in [1.54, 1.807) is 0 Å². The van der Waals surface area contributed by atoms with Crippen LogP contribution in [0, 0.1) is 0 Å².